The Kier molecular flexibility index (Phi) is 5.41. The van der Waals surface area contributed by atoms with E-state index < -0.39 is 0 Å². The van der Waals surface area contributed by atoms with Crippen molar-refractivity contribution < 1.29 is 9.53 Å². The van der Waals surface area contributed by atoms with Crippen molar-refractivity contribution in [1.82, 2.24) is 24.5 Å². The number of carbonyl (C=O) groups is 1. The highest BCUT2D eigenvalue weighted by Crippen LogP contribution is 2.29. The Hall–Kier alpha value is -4.33. The van der Waals surface area contributed by atoms with Crippen LogP contribution < -0.4 is 15.4 Å². The molecule has 34 heavy (non-hydrogen) atoms. The SMILES string of the molecule is CNc1nc2cc(-c3ccc4c(c3)c(C(=O)NC(C)c3ccc(OC)cc3)cn4C)ccn2n1. The van der Waals surface area contributed by atoms with Crippen LogP contribution in [0.4, 0.5) is 5.95 Å². The highest BCUT2D eigenvalue weighted by Gasteiger charge is 2.18. The van der Waals surface area contributed by atoms with Crippen molar-refractivity contribution in [3.05, 3.63) is 78.1 Å². The largest absolute Gasteiger partial charge is 0.497 e. The van der Waals surface area contributed by atoms with Crippen LogP contribution in [0.2, 0.25) is 0 Å². The summed E-state index contributed by atoms with van der Waals surface area (Å²) in [7, 11) is 5.38. The second-order valence-electron chi connectivity index (χ2n) is 8.26. The molecule has 8 heteroatoms. The minimum absolute atomic E-state index is 0.113. The van der Waals surface area contributed by atoms with Crippen LogP contribution in [0.1, 0.15) is 28.9 Å². The summed E-state index contributed by atoms with van der Waals surface area (Å²) in [5.41, 5.74) is 5.41. The number of aromatic nitrogens is 4. The lowest BCUT2D eigenvalue weighted by Gasteiger charge is -2.14. The van der Waals surface area contributed by atoms with Crippen molar-refractivity contribution in [2.75, 3.05) is 19.5 Å². The van der Waals surface area contributed by atoms with E-state index in [1.54, 1.807) is 18.7 Å². The van der Waals surface area contributed by atoms with Gasteiger partial charge in [-0.1, -0.05) is 18.2 Å². The normalized spacial score (nSPS) is 12.1. The molecule has 0 spiro atoms. The van der Waals surface area contributed by atoms with Crippen LogP contribution in [-0.2, 0) is 7.05 Å². The number of methoxy groups -OCH3 is 1. The summed E-state index contributed by atoms with van der Waals surface area (Å²) in [6.07, 6.45) is 3.77. The molecule has 2 N–H and O–H groups in total. The topological polar surface area (TPSA) is 85.5 Å². The molecule has 1 atom stereocenters. The Bertz CT molecular complexity index is 1500. The summed E-state index contributed by atoms with van der Waals surface area (Å²) in [5.74, 6) is 1.24. The monoisotopic (exact) mass is 454 g/mol. The minimum atomic E-state index is -0.145. The second kappa shape index (κ2) is 8.55. The number of hydrogen-bond acceptors (Lipinski definition) is 5. The van der Waals surface area contributed by atoms with Gasteiger partial charge >= 0.3 is 0 Å². The standard InChI is InChI=1S/C26H26N6O2/c1-16(17-5-8-20(34-4)9-6-17)28-25(33)22-15-31(3)23-10-7-18(13-21(22)23)19-11-12-32-24(14-19)29-26(27-2)30-32/h5-16H,1-4H3,(H,27,30)(H,28,33). The van der Waals surface area contributed by atoms with E-state index in [9.17, 15) is 4.79 Å². The number of fused-ring (bicyclic) bond motifs is 2. The maximum Gasteiger partial charge on any atom is 0.253 e. The smallest absolute Gasteiger partial charge is 0.253 e. The molecule has 0 saturated heterocycles. The number of nitrogens with zero attached hydrogens (tertiary/aromatic N) is 4. The van der Waals surface area contributed by atoms with Gasteiger partial charge in [0.1, 0.15) is 5.75 Å². The van der Waals surface area contributed by atoms with Crippen LogP contribution in [0.15, 0.2) is 67.0 Å². The molecule has 1 amide bonds. The zero-order valence-corrected chi connectivity index (χ0v) is 19.5. The van der Waals surface area contributed by atoms with Crippen LogP contribution in [0.3, 0.4) is 0 Å². The first-order valence-corrected chi connectivity index (χ1v) is 11.1. The lowest BCUT2D eigenvalue weighted by Crippen LogP contribution is -2.26. The van der Waals surface area contributed by atoms with Crippen molar-refractivity contribution in [3.63, 3.8) is 0 Å². The predicted octanol–water partition coefficient (Wildman–Crippen LogP) is 4.43. The molecule has 1 unspecified atom stereocenters. The number of hydrogen-bond donors (Lipinski definition) is 2. The van der Waals surface area contributed by atoms with Gasteiger partial charge in [-0.25, -0.2) is 4.52 Å². The van der Waals surface area contributed by atoms with Crippen LogP contribution in [0.5, 0.6) is 5.75 Å². The Labute approximate surface area is 197 Å². The molecule has 3 aromatic heterocycles. The molecule has 5 rings (SSSR count). The van der Waals surface area contributed by atoms with Gasteiger partial charge in [-0.2, -0.15) is 4.98 Å². The van der Waals surface area contributed by atoms with Gasteiger partial charge < -0.3 is 19.9 Å². The molecule has 0 aliphatic rings. The first-order chi connectivity index (χ1) is 16.5. The van der Waals surface area contributed by atoms with E-state index in [1.165, 1.54) is 0 Å². The average molecular weight is 455 g/mol. The summed E-state index contributed by atoms with van der Waals surface area (Å²) in [6, 6.07) is 17.7. The Morgan fingerprint density at radius 3 is 2.56 bits per heavy atom. The number of carbonyl (C=O) groups excluding carboxylic acids is 1. The third kappa shape index (κ3) is 3.83. The van der Waals surface area contributed by atoms with Crippen LogP contribution in [0.25, 0.3) is 27.7 Å². The first-order valence-electron chi connectivity index (χ1n) is 11.1. The minimum Gasteiger partial charge on any atom is -0.497 e. The molecule has 3 heterocycles. The first kappa shape index (κ1) is 21.5. The van der Waals surface area contributed by atoms with E-state index in [0.29, 0.717) is 11.5 Å². The van der Waals surface area contributed by atoms with E-state index in [1.807, 2.05) is 73.4 Å². The number of ether oxygens (including phenoxy) is 1. The zero-order valence-electron chi connectivity index (χ0n) is 19.5. The van der Waals surface area contributed by atoms with Crippen molar-refractivity contribution in [3.8, 4) is 16.9 Å². The van der Waals surface area contributed by atoms with Crippen LogP contribution in [-0.4, -0.2) is 39.2 Å². The quantitative estimate of drug-likeness (QED) is 0.397. The van der Waals surface area contributed by atoms with Gasteiger partial charge in [-0.15, -0.1) is 5.10 Å². The van der Waals surface area contributed by atoms with E-state index in [4.69, 9.17) is 4.74 Å². The molecule has 0 bridgehead atoms. The Morgan fingerprint density at radius 2 is 1.82 bits per heavy atom. The summed E-state index contributed by atoms with van der Waals surface area (Å²) in [6.45, 7) is 1.98. The van der Waals surface area contributed by atoms with Gasteiger partial charge in [0.05, 0.1) is 18.7 Å². The lowest BCUT2D eigenvalue weighted by molar-refractivity contribution is 0.0941. The number of aryl methyl sites for hydroxylation is 1. The molecule has 8 nitrogen and oxygen atoms in total. The third-order valence-corrected chi connectivity index (χ3v) is 6.09. The third-order valence-electron chi connectivity index (χ3n) is 6.09. The van der Waals surface area contributed by atoms with Gasteiger partial charge in [-0.05, 0) is 60.0 Å². The van der Waals surface area contributed by atoms with Crippen molar-refractivity contribution in [1.29, 1.82) is 0 Å². The van der Waals surface area contributed by atoms with Crippen molar-refractivity contribution in [2.24, 2.45) is 7.05 Å². The molecule has 0 saturated carbocycles. The van der Waals surface area contributed by atoms with E-state index in [2.05, 4.69) is 32.8 Å². The lowest BCUT2D eigenvalue weighted by atomic mass is 10.0. The molecular weight excluding hydrogens is 428 g/mol. The highest BCUT2D eigenvalue weighted by molar-refractivity contribution is 6.08. The van der Waals surface area contributed by atoms with Gasteiger partial charge in [-0.3, -0.25) is 4.79 Å². The molecule has 0 aliphatic heterocycles. The Morgan fingerprint density at radius 1 is 1.06 bits per heavy atom. The summed E-state index contributed by atoms with van der Waals surface area (Å²) in [5, 5.41) is 11.3. The molecule has 0 aliphatic carbocycles. The predicted molar refractivity (Wildman–Crippen MR) is 133 cm³/mol. The molecule has 0 fully saturated rings. The zero-order chi connectivity index (χ0) is 23.8. The van der Waals surface area contributed by atoms with Crippen LogP contribution in [0, 0.1) is 0 Å². The van der Waals surface area contributed by atoms with E-state index in [0.717, 1.165) is 39.0 Å². The maximum atomic E-state index is 13.3. The van der Waals surface area contributed by atoms with Crippen LogP contribution >= 0.6 is 0 Å². The summed E-state index contributed by atoms with van der Waals surface area (Å²) >= 11 is 0. The number of benzene rings is 2. The summed E-state index contributed by atoms with van der Waals surface area (Å²) < 4.78 is 8.94. The second-order valence-corrected chi connectivity index (χ2v) is 8.26. The van der Waals surface area contributed by atoms with Gasteiger partial charge in [0.2, 0.25) is 5.95 Å². The van der Waals surface area contributed by atoms with Gasteiger partial charge in [0.25, 0.3) is 5.91 Å². The molecular formula is C26H26N6O2. The van der Waals surface area contributed by atoms with Crippen molar-refractivity contribution >= 4 is 28.4 Å². The van der Waals surface area contributed by atoms with Crippen molar-refractivity contribution in [2.45, 2.75) is 13.0 Å². The van der Waals surface area contributed by atoms with E-state index in [-0.39, 0.29) is 11.9 Å². The van der Waals surface area contributed by atoms with E-state index >= 15 is 0 Å². The Balaban J connectivity index is 1.47. The molecule has 5 aromatic rings. The number of anilines is 1. The number of pyridine rings is 1. The van der Waals surface area contributed by atoms with Gasteiger partial charge in [0.15, 0.2) is 5.65 Å². The summed E-state index contributed by atoms with van der Waals surface area (Å²) in [4.78, 5) is 17.7. The maximum absolute atomic E-state index is 13.3. The van der Waals surface area contributed by atoms with Gasteiger partial charge in [0, 0.05) is 37.4 Å². The molecule has 2 aromatic carbocycles. The average Bonchev–Trinajstić information content (AvgIpc) is 3.43. The fourth-order valence-electron chi connectivity index (χ4n) is 4.17. The fourth-order valence-corrected chi connectivity index (χ4v) is 4.17. The molecule has 0 radical (unpaired) electrons. The fraction of sp³-hybridized carbons (Fsp3) is 0.192. The molecule has 172 valence electrons. The number of nitrogens with one attached hydrogen (secondary N) is 2. The number of amides is 1. The highest BCUT2D eigenvalue weighted by atomic mass is 16.5. The number of rotatable bonds is 6.